The van der Waals surface area contributed by atoms with Crippen molar-refractivity contribution < 1.29 is 40.6 Å². The van der Waals surface area contributed by atoms with Crippen LogP contribution >= 0.6 is 0 Å². The van der Waals surface area contributed by atoms with Gasteiger partial charge >= 0.3 is 5.97 Å². The predicted molar refractivity (Wildman–Crippen MR) is 143 cm³/mol. The zero-order valence-corrected chi connectivity index (χ0v) is 23.4. The van der Waals surface area contributed by atoms with Gasteiger partial charge in [-0.25, -0.2) is 0 Å². The first-order valence-corrected chi connectivity index (χ1v) is 14.7. The Morgan fingerprint density at radius 1 is 1.26 bits per heavy atom. The molecule has 6 aliphatic rings. The SMILES string of the molecule is [2H]C1=C[C@@]2(C)C(=C([2H])C1=O)CC[C@@H]1[C@@H]2[C@@H](O)C[C@@]2(C)[C@H]1C[C@H]1O[C@@]([2H])(C3CCCCC3)O[C@]12C(=O)C([2H])([2H])OC(=O)C(C)C. The molecule has 0 spiro atoms. The lowest BCUT2D eigenvalue weighted by molar-refractivity contribution is -0.210. The molecular weight excluding hydrogens is 496 g/mol. The van der Waals surface area contributed by atoms with E-state index in [1.54, 1.807) is 19.9 Å². The van der Waals surface area contributed by atoms with Crippen molar-refractivity contribution in [3.63, 3.8) is 0 Å². The van der Waals surface area contributed by atoms with Crippen LogP contribution in [0.25, 0.3) is 0 Å². The first-order chi connectivity index (χ1) is 20.4. The third kappa shape index (κ3) is 3.97. The Hall–Kier alpha value is -1.83. The summed E-state index contributed by atoms with van der Waals surface area (Å²) in [5.41, 5.74) is -3.49. The van der Waals surface area contributed by atoms with Gasteiger partial charge in [-0.2, -0.15) is 0 Å². The maximum atomic E-state index is 14.6. The van der Waals surface area contributed by atoms with E-state index in [0.29, 0.717) is 31.3 Å². The highest BCUT2D eigenvalue weighted by Crippen LogP contribution is 2.70. The van der Waals surface area contributed by atoms with Crippen molar-refractivity contribution in [3.05, 3.63) is 23.8 Å². The molecule has 5 fully saturated rings. The third-order valence-electron chi connectivity index (χ3n) is 11.0. The highest BCUT2D eigenvalue weighted by atomic mass is 16.7. The number of aliphatic hydroxyl groups is 1. The second kappa shape index (κ2) is 9.63. The van der Waals surface area contributed by atoms with Crippen molar-refractivity contribution in [2.24, 2.45) is 40.4 Å². The van der Waals surface area contributed by atoms with E-state index in [2.05, 4.69) is 0 Å². The number of carbonyl (C=O) groups excluding carboxylic acids is 3. The van der Waals surface area contributed by atoms with Crippen molar-refractivity contribution in [1.29, 1.82) is 0 Å². The summed E-state index contributed by atoms with van der Waals surface area (Å²) >= 11 is 0. The Kier molecular flexibility index (Phi) is 5.40. The van der Waals surface area contributed by atoms with E-state index in [1.807, 2.05) is 13.8 Å². The second-order valence-electron chi connectivity index (χ2n) is 13.4. The zero-order chi connectivity index (χ0) is 32.2. The summed E-state index contributed by atoms with van der Waals surface area (Å²) < 4.78 is 61.8. The highest BCUT2D eigenvalue weighted by molar-refractivity contribution is 6.01. The lowest BCUT2D eigenvalue weighted by atomic mass is 9.46. The van der Waals surface area contributed by atoms with Gasteiger partial charge in [-0.05, 0) is 62.5 Å². The summed E-state index contributed by atoms with van der Waals surface area (Å²) in [5.74, 6) is -4.61. The molecular formula is C32H44O7. The van der Waals surface area contributed by atoms with Crippen LogP contribution in [-0.2, 0) is 28.6 Å². The fourth-order valence-electron chi connectivity index (χ4n) is 9.02. The average Bonchev–Trinajstić information content (AvgIpc) is 3.39. The van der Waals surface area contributed by atoms with Crippen molar-refractivity contribution in [2.75, 3.05) is 6.56 Å². The number of hydrogen-bond donors (Lipinski definition) is 1. The van der Waals surface area contributed by atoms with E-state index < -0.39 is 70.8 Å². The lowest BCUT2D eigenvalue weighted by Gasteiger charge is -2.59. The molecule has 0 bridgehead atoms. The summed E-state index contributed by atoms with van der Waals surface area (Å²) in [6.07, 6.45) is 2.97. The molecule has 1 heterocycles. The molecule has 214 valence electrons. The van der Waals surface area contributed by atoms with Crippen molar-refractivity contribution in [2.45, 2.75) is 110 Å². The molecule has 4 saturated carbocycles. The molecule has 5 aliphatic carbocycles. The van der Waals surface area contributed by atoms with Gasteiger partial charge in [0.15, 0.2) is 24.2 Å². The zero-order valence-electron chi connectivity index (χ0n) is 28.4. The van der Waals surface area contributed by atoms with Gasteiger partial charge in [0.05, 0.1) is 25.0 Å². The molecule has 6 rings (SSSR count). The highest BCUT2D eigenvalue weighted by Gasteiger charge is 2.76. The summed E-state index contributed by atoms with van der Waals surface area (Å²) in [7, 11) is 0. The van der Waals surface area contributed by atoms with Gasteiger partial charge in [-0.3, -0.25) is 14.4 Å². The van der Waals surface area contributed by atoms with Gasteiger partial charge < -0.3 is 19.3 Å². The maximum absolute atomic E-state index is 14.6. The van der Waals surface area contributed by atoms with Gasteiger partial charge in [0.1, 0.15) is 0 Å². The van der Waals surface area contributed by atoms with Crippen LogP contribution in [0.3, 0.4) is 0 Å². The molecule has 0 unspecified atom stereocenters. The van der Waals surface area contributed by atoms with Crippen LogP contribution in [0.1, 0.15) is 92.3 Å². The molecule has 7 nitrogen and oxygen atoms in total. The van der Waals surface area contributed by atoms with Crippen LogP contribution in [0, 0.1) is 40.4 Å². The number of Topliss-reactive ketones (excluding diaryl/α,β-unsaturated/α-hetero) is 1. The summed E-state index contributed by atoms with van der Waals surface area (Å²) in [4.78, 5) is 39.7. The predicted octanol–water partition coefficient (Wildman–Crippen LogP) is 4.70. The fourth-order valence-corrected chi connectivity index (χ4v) is 9.02. The smallest absolute Gasteiger partial charge is 0.308 e. The Morgan fingerprint density at radius 2 is 2.00 bits per heavy atom. The maximum Gasteiger partial charge on any atom is 0.308 e. The summed E-state index contributed by atoms with van der Waals surface area (Å²) in [5, 5.41) is 12.0. The van der Waals surface area contributed by atoms with Crippen LogP contribution < -0.4 is 0 Å². The van der Waals surface area contributed by atoms with Gasteiger partial charge in [0.2, 0.25) is 5.78 Å². The van der Waals surface area contributed by atoms with E-state index in [1.165, 1.54) is 0 Å². The van der Waals surface area contributed by atoms with Crippen molar-refractivity contribution in [3.8, 4) is 0 Å². The normalized spacial score (nSPS) is 49.9. The first-order valence-electron chi connectivity index (χ1n) is 17.2. The number of allylic oxidation sites excluding steroid dienone is 4. The number of ketones is 2. The molecule has 7 heteroatoms. The third-order valence-corrected chi connectivity index (χ3v) is 11.0. The van der Waals surface area contributed by atoms with Gasteiger partial charge in [-0.15, -0.1) is 0 Å². The van der Waals surface area contributed by atoms with Crippen LogP contribution in [0.2, 0.25) is 0 Å². The van der Waals surface area contributed by atoms with E-state index in [9.17, 15) is 20.9 Å². The van der Waals surface area contributed by atoms with E-state index in [0.717, 1.165) is 19.3 Å². The van der Waals surface area contributed by atoms with Crippen LogP contribution in [-0.4, -0.2) is 53.3 Å². The van der Waals surface area contributed by atoms with Gasteiger partial charge in [0.25, 0.3) is 0 Å². The monoisotopic (exact) mass is 545 g/mol. The van der Waals surface area contributed by atoms with Crippen molar-refractivity contribution in [1.82, 2.24) is 0 Å². The topological polar surface area (TPSA) is 99.1 Å². The average molecular weight is 546 g/mol. The van der Waals surface area contributed by atoms with E-state index >= 15 is 0 Å². The van der Waals surface area contributed by atoms with Gasteiger partial charge in [-0.1, -0.05) is 58.6 Å². The molecule has 1 N–H and O–H groups in total. The van der Waals surface area contributed by atoms with Gasteiger partial charge in [0, 0.05) is 22.7 Å². The second-order valence-corrected chi connectivity index (χ2v) is 13.4. The Bertz CT molecular complexity index is 1340. The minimum atomic E-state index is -3.07. The first kappa shape index (κ1) is 21.9. The number of fused-ring (bicyclic) bond motifs is 7. The number of esters is 1. The van der Waals surface area contributed by atoms with Crippen LogP contribution in [0.4, 0.5) is 0 Å². The summed E-state index contributed by atoms with van der Waals surface area (Å²) in [6.45, 7) is 3.70. The Balaban J connectivity index is 1.44. The fraction of sp³-hybridized carbons (Fsp3) is 0.781. The molecule has 0 aromatic carbocycles. The molecule has 0 amide bonds. The number of carbonyl (C=O) groups is 3. The standard InChI is InChI=1S/C32H44O7/c1-18(2)28(36)37-17-25(35)32-26(38-29(39-32)19-8-6-5-7-9-19)15-23-22-11-10-20-14-21(33)12-13-30(20,3)27(22)24(34)16-31(23,32)4/h12-14,18-19,22-24,26-27,29,34H,5-11,15-17H2,1-4H3/t22-,23-,24-,26+,27+,29+,30-,31-,32+/m0/s1/i12D,14D,17D2,29D. The quantitative estimate of drug-likeness (QED) is 0.500. The minimum absolute atomic E-state index is 0.00467. The molecule has 39 heavy (non-hydrogen) atoms. The number of rotatable bonds is 5. The van der Waals surface area contributed by atoms with E-state index in [-0.39, 0.29) is 42.7 Å². The van der Waals surface area contributed by atoms with E-state index in [4.69, 9.17) is 19.7 Å². The number of hydrogen-bond acceptors (Lipinski definition) is 7. The Morgan fingerprint density at radius 3 is 2.72 bits per heavy atom. The number of aliphatic hydroxyl groups excluding tert-OH is 1. The minimum Gasteiger partial charge on any atom is -0.457 e. The molecule has 1 aliphatic heterocycles. The van der Waals surface area contributed by atoms with Crippen LogP contribution in [0.5, 0.6) is 0 Å². The molecule has 0 radical (unpaired) electrons. The number of ether oxygens (including phenoxy) is 3. The lowest BCUT2D eigenvalue weighted by Crippen LogP contribution is -2.63. The molecule has 0 aromatic heterocycles. The van der Waals surface area contributed by atoms with Crippen molar-refractivity contribution >= 4 is 17.5 Å². The summed E-state index contributed by atoms with van der Waals surface area (Å²) in [6, 6.07) is -0.456. The molecule has 9 atom stereocenters. The van der Waals surface area contributed by atoms with Crippen LogP contribution in [0.15, 0.2) is 23.8 Å². The molecule has 1 saturated heterocycles. The molecule has 0 aromatic rings. The Labute approximate surface area is 238 Å². The largest absolute Gasteiger partial charge is 0.457 e.